The van der Waals surface area contributed by atoms with Gasteiger partial charge in [0.15, 0.2) is 0 Å². The summed E-state index contributed by atoms with van der Waals surface area (Å²) >= 11 is 1.31. The van der Waals surface area contributed by atoms with Gasteiger partial charge >= 0.3 is 6.03 Å². The number of hydrogen-bond acceptors (Lipinski definition) is 7. The van der Waals surface area contributed by atoms with Gasteiger partial charge in [0.05, 0.1) is 34.5 Å². The predicted molar refractivity (Wildman–Crippen MR) is 151 cm³/mol. The van der Waals surface area contributed by atoms with Crippen LogP contribution in [0.5, 0.6) is 11.5 Å². The molecule has 0 saturated heterocycles. The monoisotopic (exact) mass is 571 g/mol. The maximum Gasteiger partial charge on any atom is 0.324 e. The van der Waals surface area contributed by atoms with Gasteiger partial charge in [-0.1, -0.05) is 20.8 Å². The van der Waals surface area contributed by atoms with E-state index in [0.717, 1.165) is 17.7 Å². The van der Waals surface area contributed by atoms with E-state index in [0.29, 0.717) is 22.8 Å². The second-order valence-corrected chi connectivity index (χ2v) is 10.6. The molecular weight excluding hydrogens is 548 g/mol. The standard InChI is InChI=1S/C29H23F2N7O2S/c1-29(2,3)26-13-27(38(37-26)19-5-4-17(14-32)22(30)10-19)36-28(39)35-24-7-6-20(11-23(24)31)40-21-8-9-33-25(12-21)18-15-34-41-16-18/h4-13,15-16H,1-3H3,(H2,35,36,39). The van der Waals surface area contributed by atoms with Crippen molar-refractivity contribution in [1.29, 1.82) is 5.26 Å². The lowest BCUT2D eigenvalue weighted by Gasteiger charge is -2.14. The molecule has 2 N–H and O–H groups in total. The molecule has 0 spiro atoms. The van der Waals surface area contributed by atoms with E-state index < -0.39 is 17.7 Å². The topological polar surface area (TPSA) is 118 Å². The second kappa shape index (κ2) is 11.1. The second-order valence-electron chi connectivity index (χ2n) is 9.97. The van der Waals surface area contributed by atoms with Gasteiger partial charge in [0.2, 0.25) is 0 Å². The summed E-state index contributed by atoms with van der Waals surface area (Å²) < 4.78 is 40.5. The minimum absolute atomic E-state index is 0.0823. The van der Waals surface area contributed by atoms with Crippen molar-refractivity contribution in [3.05, 3.63) is 95.3 Å². The van der Waals surface area contributed by atoms with Crippen molar-refractivity contribution >= 4 is 29.1 Å². The molecule has 206 valence electrons. The number of benzene rings is 2. The number of ether oxygens (including phenoxy) is 1. The van der Waals surface area contributed by atoms with Crippen molar-refractivity contribution in [1.82, 2.24) is 19.1 Å². The van der Waals surface area contributed by atoms with Gasteiger partial charge in [-0.2, -0.15) is 10.4 Å². The fraction of sp³-hybridized carbons (Fsp3) is 0.138. The molecule has 9 nitrogen and oxygen atoms in total. The molecule has 12 heteroatoms. The lowest BCUT2D eigenvalue weighted by Crippen LogP contribution is -2.22. The highest BCUT2D eigenvalue weighted by Crippen LogP contribution is 2.30. The van der Waals surface area contributed by atoms with Crippen molar-refractivity contribution < 1.29 is 18.3 Å². The van der Waals surface area contributed by atoms with Gasteiger partial charge in [0.1, 0.15) is 35.0 Å². The summed E-state index contributed by atoms with van der Waals surface area (Å²) in [4.78, 5) is 17.2. The molecule has 2 amide bonds. The third-order valence-corrected chi connectivity index (χ3v) is 6.51. The Kier molecular flexibility index (Phi) is 7.45. The maximum absolute atomic E-state index is 14.9. The zero-order valence-electron chi connectivity index (χ0n) is 22.1. The molecule has 0 aliphatic rings. The van der Waals surface area contributed by atoms with Gasteiger partial charge in [-0.15, -0.1) is 0 Å². The molecular formula is C29H23F2N7O2S. The molecule has 0 saturated carbocycles. The summed E-state index contributed by atoms with van der Waals surface area (Å²) in [5.41, 5.74) is 1.86. The third kappa shape index (κ3) is 6.21. The summed E-state index contributed by atoms with van der Waals surface area (Å²) in [6.45, 7) is 5.82. The highest BCUT2D eigenvalue weighted by atomic mass is 32.1. The minimum atomic E-state index is -0.739. The molecule has 3 aromatic heterocycles. The Labute approximate surface area is 238 Å². The summed E-state index contributed by atoms with van der Waals surface area (Å²) in [6.07, 6.45) is 3.28. The number of carbonyl (C=O) groups excluding carboxylic acids is 1. The van der Waals surface area contributed by atoms with Crippen LogP contribution in [0.15, 0.2) is 72.4 Å². The van der Waals surface area contributed by atoms with E-state index in [9.17, 15) is 13.6 Å². The molecule has 5 rings (SSSR count). The molecule has 2 aromatic carbocycles. The van der Waals surface area contributed by atoms with Crippen molar-refractivity contribution in [2.45, 2.75) is 26.2 Å². The zero-order valence-corrected chi connectivity index (χ0v) is 23.0. The summed E-state index contributed by atoms with van der Waals surface area (Å²) in [5.74, 6) is -0.520. The van der Waals surface area contributed by atoms with E-state index in [4.69, 9.17) is 10.00 Å². The number of anilines is 2. The Morgan fingerprint density at radius 2 is 1.83 bits per heavy atom. The van der Waals surface area contributed by atoms with E-state index in [1.54, 1.807) is 36.7 Å². The van der Waals surface area contributed by atoms with Crippen molar-refractivity contribution in [2.75, 3.05) is 10.6 Å². The Balaban J connectivity index is 1.33. The maximum atomic E-state index is 14.9. The van der Waals surface area contributed by atoms with Crippen molar-refractivity contribution in [3.63, 3.8) is 0 Å². The molecule has 0 aliphatic carbocycles. The molecule has 41 heavy (non-hydrogen) atoms. The van der Waals surface area contributed by atoms with E-state index in [2.05, 4.69) is 25.1 Å². The van der Waals surface area contributed by atoms with Crippen molar-refractivity contribution in [3.8, 4) is 34.5 Å². The van der Waals surface area contributed by atoms with E-state index in [1.165, 1.54) is 40.5 Å². The number of amides is 2. The molecule has 0 fully saturated rings. The Morgan fingerprint density at radius 1 is 1.02 bits per heavy atom. The smallest absolute Gasteiger partial charge is 0.324 e. The van der Waals surface area contributed by atoms with E-state index in [-0.39, 0.29) is 28.2 Å². The number of rotatable bonds is 6. The Morgan fingerprint density at radius 3 is 2.51 bits per heavy atom. The fourth-order valence-corrected chi connectivity index (χ4v) is 4.32. The number of nitriles is 1. The first-order valence-corrected chi connectivity index (χ1v) is 13.2. The summed E-state index contributed by atoms with van der Waals surface area (Å²) in [7, 11) is 0. The molecule has 5 aromatic rings. The first-order valence-electron chi connectivity index (χ1n) is 12.3. The fourth-order valence-electron chi connectivity index (χ4n) is 3.79. The molecule has 0 unspecified atom stereocenters. The number of hydrogen-bond donors (Lipinski definition) is 2. The average Bonchev–Trinajstić information content (AvgIpc) is 3.61. The van der Waals surface area contributed by atoms with Crippen LogP contribution in [-0.4, -0.2) is 25.2 Å². The van der Waals surface area contributed by atoms with Crippen LogP contribution in [0, 0.1) is 23.0 Å². The van der Waals surface area contributed by atoms with E-state index in [1.807, 2.05) is 26.2 Å². The van der Waals surface area contributed by atoms with Crippen molar-refractivity contribution in [2.24, 2.45) is 0 Å². The van der Waals surface area contributed by atoms with Crippen LogP contribution in [0.25, 0.3) is 16.9 Å². The number of pyridine rings is 1. The van der Waals surface area contributed by atoms with Gasteiger partial charge < -0.3 is 10.1 Å². The van der Waals surface area contributed by atoms with Crippen LogP contribution in [-0.2, 0) is 5.41 Å². The first kappa shape index (κ1) is 27.4. The van der Waals surface area contributed by atoms with E-state index >= 15 is 0 Å². The van der Waals surface area contributed by atoms with Crippen LogP contribution in [0.2, 0.25) is 0 Å². The largest absolute Gasteiger partial charge is 0.457 e. The molecule has 0 atom stereocenters. The quantitative estimate of drug-likeness (QED) is 0.221. The highest BCUT2D eigenvalue weighted by Gasteiger charge is 2.22. The van der Waals surface area contributed by atoms with Crippen LogP contribution in [0.4, 0.5) is 25.1 Å². The van der Waals surface area contributed by atoms with Crippen LogP contribution in [0.1, 0.15) is 32.0 Å². The lowest BCUT2D eigenvalue weighted by atomic mass is 9.92. The SMILES string of the molecule is CC(C)(C)c1cc(NC(=O)Nc2ccc(Oc3ccnc(-c4cnsc4)c3)cc2F)n(-c2ccc(C#N)c(F)c2)n1. The number of nitrogens with one attached hydrogen (secondary N) is 2. The normalized spacial score (nSPS) is 11.1. The third-order valence-electron chi connectivity index (χ3n) is 5.92. The average molecular weight is 572 g/mol. The minimum Gasteiger partial charge on any atom is -0.457 e. The summed E-state index contributed by atoms with van der Waals surface area (Å²) in [6, 6.07) is 14.1. The zero-order chi connectivity index (χ0) is 29.1. The van der Waals surface area contributed by atoms with Gasteiger partial charge in [0.25, 0.3) is 0 Å². The van der Waals surface area contributed by atoms with Gasteiger partial charge in [-0.3, -0.25) is 10.3 Å². The Hall–Kier alpha value is -5.15. The molecule has 3 heterocycles. The number of aromatic nitrogens is 4. The first-order chi connectivity index (χ1) is 19.6. The summed E-state index contributed by atoms with van der Waals surface area (Å²) in [5, 5.41) is 20.6. The van der Waals surface area contributed by atoms with Gasteiger partial charge in [-0.25, -0.2) is 22.6 Å². The number of urea groups is 1. The molecule has 0 radical (unpaired) electrons. The van der Waals surface area contributed by atoms with Gasteiger partial charge in [-0.05, 0) is 41.9 Å². The van der Waals surface area contributed by atoms with Gasteiger partial charge in [0, 0.05) is 46.8 Å². The number of carbonyl (C=O) groups is 1. The number of halogens is 2. The number of nitrogens with zero attached hydrogens (tertiary/aromatic N) is 5. The van der Waals surface area contributed by atoms with Crippen LogP contribution >= 0.6 is 11.5 Å². The predicted octanol–water partition coefficient (Wildman–Crippen LogP) is 7.27. The molecule has 0 aliphatic heterocycles. The lowest BCUT2D eigenvalue weighted by molar-refractivity contribution is 0.262. The van der Waals surface area contributed by atoms with Crippen LogP contribution < -0.4 is 15.4 Å². The Bertz CT molecular complexity index is 1770. The highest BCUT2D eigenvalue weighted by molar-refractivity contribution is 7.03. The molecule has 0 bridgehead atoms. The van der Waals surface area contributed by atoms with Crippen LogP contribution in [0.3, 0.4) is 0 Å².